The van der Waals surface area contributed by atoms with Gasteiger partial charge in [0.05, 0.1) is 0 Å². The van der Waals surface area contributed by atoms with Gasteiger partial charge in [-0.3, -0.25) is 0 Å². The van der Waals surface area contributed by atoms with Crippen LogP contribution in [-0.4, -0.2) is 15.0 Å². The highest BCUT2D eigenvalue weighted by molar-refractivity contribution is 6.28. The van der Waals surface area contributed by atoms with E-state index in [0.717, 1.165) is 55.0 Å². The Morgan fingerprint density at radius 1 is 0.545 bits per heavy atom. The minimum atomic E-state index is 0.136. The van der Waals surface area contributed by atoms with E-state index in [1.165, 1.54) is 0 Å². The van der Waals surface area contributed by atoms with E-state index < -0.39 is 0 Å². The first-order valence-corrected chi connectivity index (χ1v) is 10.9. The zero-order valence-electron chi connectivity index (χ0n) is 17.1. The molecule has 0 saturated heterocycles. The van der Waals surface area contributed by atoms with Crippen molar-refractivity contribution in [3.05, 3.63) is 90.2 Å². The first kappa shape index (κ1) is 18.4. The van der Waals surface area contributed by atoms with Gasteiger partial charge in [0.1, 0.15) is 22.3 Å². The Hall–Kier alpha value is -4.22. The zero-order chi connectivity index (χ0) is 21.9. The molecule has 0 spiro atoms. The number of rotatable bonds is 2. The maximum absolute atomic E-state index is 6.38. The van der Waals surface area contributed by atoms with Gasteiger partial charge in [0, 0.05) is 32.7 Å². The van der Waals surface area contributed by atoms with E-state index in [1.807, 2.05) is 84.9 Å². The fourth-order valence-electron chi connectivity index (χ4n) is 4.43. The summed E-state index contributed by atoms with van der Waals surface area (Å²) in [5.41, 5.74) is 4.94. The normalized spacial score (nSPS) is 11.8. The quantitative estimate of drug-likeness (QED) is 0.272. The van der Waals surface area contributed by atoms with Crippen molar-refractivity contribution < 1.29 is 8.83 Å². The van der Waals surface area contributed by atoms with E-state index in [1.54, 1.807) is 0 Å². The largest absolute Gasteiger partial charge is 0.456 e. The molecule has 33 heavy (non-hydrogen) atoms. The van der Waals surface area contributed by atoms with Crippen molar-refractivity contribution in [2.75, 3.05) is 0 Å². The van der Waals surface area contributed by atoms with Crippen LogP contribution in [0.4, 0.5) is 0 Å². The summed E-state index contributed by atoms with van der Waals surface area (Å²) in [6.45, 7) is 0. The van der Waals surface area contributed by atoms with Crippen LogP contribution < -0.4 is 0 Å². The van der Waals surface area contributed by atoms with Crippen molar-refractivity contribution in [3.63, 3.8) is 0 Å². The van der Waals surface area contributed by atoms with Gasteiger partial charge in [-0.15, -0.1) is 0 Å². The van der Waals surface area contributed by atoms with E-state index in [2.05, 4.69) is 9.97 Å². The molecule has 0 radical (unpaired) electrons. The van der Waals surface area contributed by atoms with Crippen LogP contribution in [0.1, 0.15) is 0 Å². The van der Waals surface area contributed by atoms with Gasteiger partial charge in [-0.1, -0.05) is 48.5 Å². The molecule has 7 rings (SSSR count). The third-order valence-electron chi connectivity index (χ3n) is 5.89. The molecule has 0 atom stereocenters. The summed E-state index contributed by atoms with van der Waals surface area (Å²) in [5, 5.41) is 4.15. The number of fused-ring (bicyclic) bond motifs is 6. The predicted octanol–water partition coefficient (Wildman–Crippen LogP) is 7.66. The number of hydrogen-bond donors (Lipinski definition) is 0. The van der Waals surface area contributed by atoms with Crippen LogP contribution in [0.3, 0.4) is 0 Å². The Kier molecular flexibility index (Phi) is 3.83. The van der Waals surface area contributed by atoms with Gasteiger partial charge in [0.2, 0.25) is 5.28 Å². The van der Waals surface area contributed by atoms with Crippen LogP contribution in [0.25, 0.3) is 66.7 Å². The first-order chi connectivity index (χ1) is 16.2. The standard InChI is InChI=1S/C27H14ClN3O2/c28-27-30-25(15-12-13-22-19(14-15)16-6-1-3-9-20(16)32-22)29-26(31-27)18-8-5-11-23-24(18)17-7-2-4-10-21(17)33-23/h1-14H. The number of hydrogen-bond acceptors (Lipinski definition) is 5. The van der Waals surface area contributed by atoms with Crippen LogP contribution in [0, 0.1) is 0 Å². The SMILES string of the molecule is Clc1nc(-c2ccc3oc4ccccc4c3c2)nc(-c2cccc3oc4ccccc4c23)n1. The smallest absolute Gasteiger partial charge is 0.226 e. The van der Waals surface area contributed by atoms with E-state index in [9.17, 15) is 0 Å². The van der Waals surface area contributed by atoms with Crippen molar-refractivity contribution in [3.8, 4) is 22.8 Å². The van der Waals surface area contributed by atoms with Crippen LogP contribution in [0.5, 0.6) is 0 Å². The molecule has 156 valence electrons. The average Bonchev–Trinajstić information content (AvgIpc) is 3.41. The number of halogens is 1. The summed E-state index contributed by atoms with van der Waals surface area (Å²) in [4.78, 5) is 13.7. The summed E-state index contributed by atoms with van der Waals surface area (Å²) >= 11 is 6.38. The lowest BCUT2D eigenvalue weighted by Gasteiger charge is -2.06. The van der Waals surface area contributed by atoms with Gasteiger partial charge < -0.3 is 8.83 Å². The fraction of sp³-hybridized carbons (Fsp3) is 0. The van der Waals surface area contributed by atoms with Crippen molar-refractivity contribution in [2.24, 2.45) is 0 Å². The molecule has 0 aliphatic heterocycles. The van der Waals surface area contributed by atoms with Crippen molar-refractivity contribution in [1.29, 1.82) is 0 Å². The highest BCUT2D eigenvalue weighted by Gasteiger charge is 2.17. The predicted molar refractivity (Wildman–Crippen MR) is 130 cm³/mol. The fourth-order valence-corrected chi connectivity index (χ4v) is 4.59. The topological polar surface area (TPSA) is 65.0 Å². The third-order valence-corrected chi connectivity index (χ3v) is 6.06. The van der Waals surface area contributed by atoms with Crippen LogP contribution in [0.2, 0.25) is 5.28 Å². The highest BCUT2D eigenvalue weighted by Crippen LogP contribution is 2.36. The third kappa shape index (κ3) is 2.83. The molecular formula is C27H14ClN3O2. The molecular weight excluding hydrogens is 434 g/mol. The molecule has 3 heterocycles. The second kappa shape index (κ2) is 6.89. The summed E-state index contributed by atoms with van der Waals surface area (Å²) in [7, 11) is 0. The van der Waals surface area contributed by atoms with Gasteiger partial charge in [-0.25, -0.2) is 4.98 Å². The monoisotopic (exact) mass is 447 g/mol. The van der Waals surface area contributed by atoms with Crippen molar-refractivity contribution in [1.82, 2.24) is 15.0 Å². The Morgan fingerprint density at radius 2 is 1.21 bits per heavy atom. The highest BCUT2D eigenvalue weighted by atomic mass is 35.5. The van der Waals surface area contributed by atoms with Gasteiger partial charge in [-0.2, -0.15) is 9.97 Å². The van der Waals surface area contributed by atoms with Crippen LogP contribution >= 0.6 is 11.6 Å². The van der Waals surface area contributed by atoms with Crippen molar-refractivity contribution in [2.45, 2.75) is 0 Å². The Balaban J connectivity index is 1.45. The van der Waals surface area contributed by atoms with Crippen LogP contribution in [0.15, 0.2) is 93.8 Å². The molecule has 0 amide bonds. The molecule has 0 fully saturated rings. The number of aromatic nitrogens is 3. The summed E-state index contributed by atoms with van der Waals surface area (Å²) in [5.74, 6) is 1.00. The minimum Gasteiger partial charge on any atom is -0.456 e. The number of nitrogens with zero attached hydrogens (tertiary/aromatic N) is 3. The summed E-state index contributed by atoms with van der Waals surface area (Å²) < 4.78 is 12.0. The lowest BCUT2D eigenvalue weighted by atomic mass is 10.1. The molecule has 5 nitrogen and oxygen atoms in total. The van der Waals surface area contributed by atoms with Gasteiger partial charge in [-0.05, 0) is 48.0 Å². The second-order valence-corrected chi connectivity index (χ2v) is 8.18. The molecule has 6 heteroatoms. The maximum atomic E-state index is 6.38. The maximum Gasteiger partial charge on any atom is 0.226 e. The Morgan fingerprint density at radius 3 is 2.09 bits per heavy atom. The summed E-state index contributed by atoms with van der Waals surface area (Å²) in [6.07, 6.45) is 0. The van der Waals surface area contributed by atoms with E-state index in [0.29, 0.717) is 11.6 Å². The molecule has 0 aliphatic carbocycles. The molecule has 0 N–H and O–H groups in total. The van der Waals surface area contributed by atoms with Gasteiger partial charge >= 0.3 is 0 Å². The minimum absolute atomic E-state index is 0.136. The molecule has 0 unspecified atom stereocenters. The van der Waals surface area contributed by atoms with Gasteiger partial charge in [0.25, 0.3) is 0 Å². The lowest BCUT2D eigenvalue weighted by Crippen LogP contribution is -1.97. The van der Waals surface area contributed by atoms with Crippen LogP contribution in [-0.2, 0) is 0 Å². The molecule has 0 aliphatic rings. The van der Waals surface area contributed by atoms with Gasteiger partial charge in [0.15, 0.2) is 11.6 Å². The second-order valence-electron chi connectivity index (χ2n) is 7.84. The van der Waals surface area contributed by atoms with E-state index >= 15 is 0 Å². The average molecular weight is 448 g/mol. The Bertz CT molecular complexity index is 1850. The molecule has 4 aromatic carbocycles. The number of para-hydroxylation sites is 2. The Labute approximate surface area is 192 Å². The number of benzene rings is 4. The molecule has 3 aromatic heterocycles. The number of furan rings is 2. The van der Waals surface area contributed by atoms with Crippen molar-refractivity contribution >= 4 is 55.5 Å². The zero-order valence-corrected chi connectivity index (χ0v) is 17.9. The molecule has 0 bridgehead atoms. The lowest BCUT2D eigenvalue weighted by molar-refractivity contribution is 0.668. The first-order valence-electron chi connectivity index (χ1n) is 10.5. The van der Waals surface area contributed by atoms with E-state index in [4.69, 9.17) is 25.4 Å². The summed E-state index contributed by atoms with van der Waals surface area (Å²) in [6, 6.07) is 27.7. The molecule has 7 aromatic rings. The van der Waals surface area contributed by atoms with E-state index in [-0.39, 0.29) is 5.28 Å². The molecule has 0 saturated carbocycles.